The van der Waals surface area contributed by atoms with Crippen LogP contribution in [0.5, 0.6) is 0 Å². The van der Waals surface area contributed by atoms with Crippen molar-refractivity contribution in [3.05, 3.63) is 60.2 Å². The number of H-pyrrole nitrogens is 1. The average Bonchev–Trinajstić information content (AvgIpc) is 3.07. The Morgan fingerprint density at radius 1 is 1.08 bits per heavy atom. The van der Waals surface area contributed by atoms with E-state index in [0.29, 0.717) is 12.3 Å². The van der Waals surface area contributed by atoms with Crippen LogP contribution in [0.15, 0.2) is 53.4 Å². The second kappa shape index (κ2) is 9.38. The lowest BCUT2D eigenvalue weighted by Gasteiger charge is -2.05. The summed E-state index contributed by atoms with van der Waals surface area (Å²) >= 11 is 1.41. The number of hydrogen-bond acceptors (Lipinski definition) is 3. The van der Waals surface area contributed by atoms with Crippen LogP contribution in [-0.2, 0) is 11.2 Å². The Bertz CT molecular complexity index is 815. The van der Waals surface area contributed by atoms with Gasteiger partial charge in [-0.3, -0.25) is 4.79 Å². The van der Waals surface area contributed by atoms with E-state index in [0.717, 1.165) is 47.4 Å². The van der Waals surface area contributed by atoms with E-state index in [1.54, 1.807) is 12.1 Å². The van der Waals surface area contributed by atoms with Gasteiger partial charge in [-0.15, -0.1) is 11.8 Å². The summed E-state index contributed by atoms with van der Waals surface area (Å²) in [6.07, 6.45) is 3.96. The summed E-state index contributed by atoms with van der Waals surface area (Å²) in [5, 5.41) is 2.93. The zero-order valence-corrected chi connectivity index (χ0v) is 15.3. The maximum atomic E-state index is 12.8. The van der Waals surface area contributed by atoms with E-state index >= 15 is 0 Å². The van der Waals surface area contributed by atoms with Gasteiger partial charge in [-0.05, 0) is 49.2 Å². The molecule has 0 saturated carbocycles. The fourth-order valence-electron chi connectivity index (χ4n) is 2.68. The first-order chi connectivity index (χ1) is 12.7. The van der Waals surface area contributed by atoms with Gasteiger partial charge in [0, 0.05) is 17.9 Å². The van der Waals surface area contributed by atoms with Gasteiger partial charge < -0.3 is 10.3 Å². The van der Waals surface area contributed by atoms with Crippen molar-refractivity contribution in [1.29, 1.82) is 0 Å². The first-order valence-electron chi connectivity index (χ1n) is 8.79. The van der Waals surface area contributed by atoms with Crippen LogP contribution >= 0.6 is 11.8 Å². The number of halogens is 1. The molecule has 0 fully saturated rings. The molecule has 4 nitrogen and oxygen atoms in total. The number of amides is 1. The summed E-state index contributed by atoms with van der Waals surface area (Å²) in [5.41, 5.74) is 2.09. The molecule has 0 aliphatic rings. The highest BCUT2D eigenvalue weighted by Crippen LogP contribution is 2.17. The fraction of sp³-hybridized carbons (Fsp3) is 0.300. The number of fused-ring (bicyclic) bond motifs is 1. The van der Waals surface area contributed by atoms with Crippen molar-refractivity contribution in [3.8, 4) is 0 Å². The minimum absolute atomic E-state index is 0.0107. The van der Waals surface area contributed by atoms with Crippen molar-refractivity contribution < 1.29 is 9.18 Å². The van der Waals surface area contributed by atoms with E-state index in [9.17, 15) is 9.18 Å². The summed E-state index contributed by atoms with van der Waals surface area (Å²) in [6.45, 7) is 0.683. The molecule has 2 N–H and O–H groups in total. The van der Waals surface area contributed by atoms with Gasteiger partial charge >= 0.3 is 0 Å². The third-order valence-corrected chi connectivity index (χ3v) is 5.05. The largest absolute Gasteiger partial charge is 0.355 e. The molecule has 0 unspecified atom stereocenters. The number of benzene rings is 2. The van der Waals surface area contributed by atoms with E-state index in [1.807, 2.05) is 24.3 Å². The monoisotopic (exact) mass is 371 g/mol. The lowest BCUT2D eigenvalue weighted by Crippen LogP contribution is -2.26. The highest BCUT2D eigenvalue weighted by molar-refractivity contribution is 8.00. The summed E-state index contributed by atoms with van der Waals surface area (Å²) in [6, 6.07) is 14.2. The van der Waals surface area contributed by atoms with Gasteiger partial charge in [0.25, 0.3) is 0 Å². The van der Waals surface area contributed by atoms with Crippen molar-refractivity contribution in [2.75, 3.05) is 12.3 Å². The fourth-order valence-corrected chi connectivity index (χ4v) is 3.41. The Morgan fingerprint density at radius 2 is 1.88 bits per heavy atom. The van der Waals surface area contributed by atoms with Crippen LogP contribution < -0.4 is 5.32 Å². The Labute approximate surface area is 156 Å². The van der Waals surface area contributed by atoms with E-state index in [4.69, 9.17) is 0 Å². The maximum absolute atomic E-state index is 12.8. The van der Waals surface area contributed by atoms with Crippen molar-refractivity contribution in [3.63, 3.8) is 0 Å². The topological polar surface area (TPSA) is 57.8 Å². The SMILES string of the molecule is O=C(CSc1ccc(F)cc1)NCCCCCc1nc2ccccc2[nH]1. The molecule has 0 aliphatic carbocycles. The molecule has 0 saturated heterocycles. The Morgan fingerprint density at radius 3 is 2.69 bits per heavy atom. The number of thioether (sulfide) groups is 1. The normalized spacial score (nSPS) is 11.0. The number of nitrogens with zero attached hydrogens (tertiary/aromatic N) is 1. The van der Waals surface area contributed by atoms with Crippen LogP contribution in [0.3, 0.4) is 0 Å². The third kappa shape index (κ3) is 5.59. The van der Waals surface area contributed by atoms with Gasteiger partial charge in [0.15, 0.2) is 0 Å². The first-order valence-corrected chi connectivity index (χ1v) is 9.78. The van der Waals surface area contributed by atoms with Crippen molar-refractivity contribution >= 4 is 28.7 Å². The molecule has 3 aromatic rings. The number of rotatable bonds is 9. The Hall–Kier alpha value is -2.34. The van der Waals surface area contributed by atoms with Gasteiger partial charge in [-0.2, -0.15) is 0 Å². The van der Waals surface area contributed by atoms with Crippen molar-refractivity contribution in [1.82, 2.24) is 15.3 Å². The molecule has 26 heavy (non-hydrogen) atoms. The van der Waals surface area contributed by atoms with Crippen molar-refractivity contribution in [2.45, 2.75) is 30.6 Å². The molecule has 0 spiro atoms. The first kappa shape index (κ1) is 18.5. The van der Waals surface area contributed by atoms with Gasteiger partial charge in [0.2, 0.25) is 5.91 Å². The molecular formula is C20H22FN3OS. The predicted molar refractivity (Wildman–Crippen MR) is 104 cm³/mol. The van der Waals surface area contributed by atoms with Gasteiger partial charge in [0.1, 0.15) is 11.6 Å². The molecule has 136 valence electrons. The zero-order chi connectivity index (χ0) is 18.2. The number of imidazole rings is 1. The van der Waals surface area contributed by atoms with E-state index < -0.39 is 0 Å². The van der Waals surface area contributed by atoms with Crippen LogP contribution in [0.25, 0.3) is 11.0 Å². The van der Waals surface area contributed by atoms with E-state index in [1.165, 1.54) is 23.9 Å². The van der Waals surface area contributed by atoms with Crippen LogP contribution in [-0.4, -0.2) is 28.2 Å². The molecule has 0 radical (unpaired) electrons. The molecule has 0 bridgehead atoms. The molecule has 1 heterocycles. The number of carbonyl (C=O) groups is 1. The number of hydrogen-bond donors (Lipinski definition) is 2. The van der Waals surface area contributed by atoms with Crippen LogP contribution in [0.4, 0.5) is 4.39 Å². The Kier molecular flexibility index (Phi) is 6.66. The number of para-hydroxylation sites is 2. The standard InChI is InChI=1S/C20H22FN3OS/c21-15-9-11-16(12-10-15)26-14-20(25)22-13-5-1-2-8-19-23-17-6-3-4-7-18(17)24-19/h3-4,6-7,9-12H,1-2,5,8,13-14H2,(H,22,25)(H,23,24). The van der Waals surface area contributed by atoms with Gasteiger partial charge in [-0.25, -0.2) is 9.37 Å². The summed E-state index contributed by atoms with van der Waals surface area (Å²) in [7, 11) is 0. The zero-order valence-electron chi connectivity index (χ0n) is 14.5. The summed E-state index contributed by atoms with van der Waals surface area (Å²) in [5.74, 6) is 1.12. The molecule has 1 aromatic heterocycles. The smallest absolute Gasteiger partial charge is 0.230 e. The summed E-state index contributed by atoms with van der Waals surface area (Å²) in [4.78, 5) is 20.6. The predicted octanol–water partition coefficient (Wildman–Crippen LogP) is 4.32. The van der Waals surface area contributed by atoms with Crippen LogP contribution in [0.1, 0.15) is 25.1 Å². The second-order valence-electron chi connectivity index (χ2n) is 6.10. The lowest BCUT2D eigenvalue weighted by atomic mass is 10.2. The average molecular weight is 371 g/mol. The molecule has 2 aromatic carbocycles. The maximum Gasteiger partial charge on any atom is 0.230 e. The summed E-state index contributed by atoms with van der Waals surface area (Å²) < 4.78 is 12.8. The number of aromatic nitrogens is 2. The second-order valence-corrected chi connectivity index (χ2v) is 7.15. The molecule has 6 heteroatoms. The van der Waals surface area contributed by atoms with E-state index in [2.05, 4.69) is 15.3 Å². The molecular weight excluding hydrogens is 349 g/mol. The van der Waals surface area contributed by atoms with E-state index in [-0.39, 0.29) is 11.7 Å². The van der Waals surface area contributed by atoms with Gasteiger partial charge in [-0.1, -0.05) is 18.6 Å². The van der Waals surface area contributed by atoms with Crippen LogP contribution in [0.2, 0.25) is 0 Å². The number of unbranched alkanes of at least 4 members (excludes halogenated alkanes) is 2. The van der Waals surface area contributed by atoms with Gasteiger partial charge in [0.05, 0.1) is 16.8 Å². The molecule has 0 atom stereocenters. The third-order valence-electron chi connectivity index (χ3n) is 4.03. The number of aromatic amines is 1. The van der Waals surface area contributed by atoms with Crippen LogP contribution in [0, 0.1) is 5.82 Å². The quantitative estimate of drug-likeness (QED) is 0.435. The highest BCUT2D eigenvalue weighted by atomic mass is 32.2. The molecule has 0 aliphatic heterocycles. The number of aryl methyl sites for hydroxylation is 1. The highest BCUT2D eigenvalue weighted by Gasteiger charge is 2.04. The molecule has 1 amide bonds. The Balaban J connectivity index is 1.26. The number of carbonyl (C=O) groups excluding carboxylic acids is 1. The number of nitrogens with one attached hydrogen (secondary N) is 2. The minimum atomic E-state index is -0.263. The lowest BCUT2D eigenvalue weighted by molar-refractivity contribution is -0.118. The molecule has 3 rings (SSSR count). The van der Waals surface area contributed by atoms with Crippen molar-refractivity contribution in [2.24, 2.45) is 0 Å². The minimum Gasteiger partial charge on any atom is -0.355 e.